The summed E-state index contributed by atoms with van der Waals surface area (Å²) in [5, 5.41) is 2.98. The van der Waals surface area contributed by atoms with E-state index in [-0.39, 0.29) is 11.8 Å². The van der Waals surface area contributed by atoms with Gasteiger partial charge < -0.3 is 10.1 Å². The van der Waals surface area contributed by atoms with E-state index in [0.29, 0.717) is 6.61 Å². The Labute approximate surface area is 109 Å². The molecular formula is C15H21NO2. The van der Waals surface area contributed by atoms with Crippen molar-refractivity contribution < 1.29 is 9.53 Å². The number of unbranched alkanes of at least 4 members (excludes halogenated alkanes) is 1. The number of hydrogen-bond donors (Lipinski definition) is 1. The van der Waals surface area contributed by atoms with Crippen LogP contribution in [0.15, 0.2) is 24.3 Å². The second-order valence-corrected chi connectivity index (χ2v) is 4.82. The molecule has 1 aromatic carbocycles. The van der Waals surface area contributed by atoms with Gasteiger partial charge in [0, 0.05) is 5.92 Å². The lowest BCUT2D eigenvalue weighted by Gasteiger charge is -2.24. The number of anilines is 1. The average molecular weight is 247 g/mol. The van der Waals surface area contributed by atoms with Gasteiger partial charge in [-0.2, -0.15) is 0 Å². The fourth-order valence-electron chi connectivity index (χ4n) is 1.93. The molecule has 98 valence electrons. The summed E-state index contributed by atoms with van der Waals surface area (Å²) in [6, 6.07) is 7.66. The summed E-state index contributed by atoms with van der Waals surface area (Å²) < 4.78 is 5.70. The van der Waals surface area contributed by atoms with E-state index in [1.807, 2.05) is 24.3 Å². The maximum absolute atomic E-state index is 11.9. The summed E-state index contributed by atoms with van der Waals surface area (Å²) in [5.74, 6) is 1.11. The molecule has 0 aliphatic heterocycles. The topological polar surface area (TPSA) is 38.3 Å². The second kappa shape index (κ2) is 6.43. The number of ether oxygens (including phenoxy) is 1. The third-order valence-electron chi connectivity index (χ3n) is 3.38. The molecule has 0 aromatic heterocycles. The lowest BCUT2D eigenvalue weighted by molar-refractivity contribution is -0.122. The van der Waals surface area contributed by atoms with Gasteiger partial charge in [-0.15, -0.1) is 0 Å². The SMILES string of the molecule is CCCCOc1ccccc1NC(=O)C1CCC1. The van der Waals surface area contributed by atoms with Crippen molar-refractivity contribution >= 4 is 11.6 Å². The summed E-state index contributed by atoms with van der Waals surface area (Å²) >= 11 is 0. The zero-order valence-corrected chi connectivity index (χ0v) is 10.9. The Bertz CT molecular complexity index is 399. The molecule has 3 nitrogen and oxygen atoms in total. The first-order valence-electron chi connectivity index (χ1n) is 6.84. The Morgan fingerprint density at radius 1 is 1.39 bits per heavy atom. The van der Waals surface area contributed by atoms with Gasteiger partial charge in [-0.25, -0.2) is 0 Å². The van der Waals surface area contributed by atoms with Crippen LogP contribution in [0.25, 0.3) is 0 Å². The molecule has 1 fully saturated rings. The highest BCUT2D eigenvalue weighted by molar-refractivity contribution is 5.94. The van der Waals surface area contributed by atoms with Crippen LogP contribution < -0.4 is 10.1 Å². The zero-order chi connectivity index (χ0) is 12.8. The van der Waals surface area contributed by atoms with Gasteiger partial charge in [-0.05, 0) is 31.4 Å². The van der Waals surface area contributed by atoms with E-state index in [4.69, 9.17) is 4.74 Å². The molecule has 0 heterocycles. The van der Waals surface area contributed by atoms with Gasteiger partial charge in [0.15, 0.2) is 0 Å². The Kier molecular flexibility index (Phi) is 4.62. The summed E-state index contributed by atoms with van der Waals surface area (Å²) in [7, 11) is 0. The highest BCUT2D eigenvalue weighted by Crippen LogP contribution is 2.30. The number of benzene rings is 1. The quantitative estimate of drug-likeness (QED) is 0.780. The molecule has 1 N–H and O–H groups in total. The van der Waals surface area contributed by atoms with Gasteiger partial charge in [0.1, 0.15) is 5.75 Å². The summed E-state index contributed by atoms with van der Waals surface area (Å²) in [4.78, 5) is 11.9. The number of amides is 1. The highest BCUT2D eigenvalue weighted by Gasteiger charge is 2.25. The Morgan fingerprint density at radius 3 is 2.83 bits per heavy atom. The number of carbonyl (C=O) groups excluding carboxylic acids is 1. The Balaban J connectivity index is 1.95. The number of nitrogens with one attached hydrogen (secondary N) is 1. The van der Waals surface area contributed by atoms with Crippen LogP contribution in [0, 0.1) is 5.92 Å². The van der Waals surface area contributed by atoms with E-state index in [2.05, 4.69) is 12.2 Å². The van der Waals surface area contributed by atoms with E-state index in [0.717, 1.165) is 37.1 Å². The standard InChI is InChI=1S/C15H21NO2/c1-2-3-11-18-14-10-5-4-9-13(14)16-15(17)12-7-6-8-12/h4-5,9-10,12H,2-3,6-8,11H2,1H3,(H,16,17). The van der Waals surface area contributed by atoms with Crippen LogP contribution in [-0.4, -0.2) is 12.5 Å². The molecule has 1 aliphatic rings. The van der Waals surface area contributed by atoms with Crippen LogP contribution >= 0.6 is 0 Å². The molecule has 18 heavy (non-hydrogen) atoms. The van der Waals surface area contributed by atoms with E-state index >= 15 is 0 Å². The summed E-state index contributed by atoms with van der Waals surface area (Å²) in [6.45, 7) is 2.83. The number of carbonyl (C=O) groups is 1. The second-order valence-electron chi connectivity index (χ2n) is 4.82. The van der Waals surface area contributed by atoms with Crippen molar-refractivity contribution in [2.75, 3.05) is 11.9 Å². The van der Waals surface area contributed by atoms with Crippen LogP contribution in [0.2, 0.25) is 0 Å². The summed E-state index contributed by atoms with van der Waals surface area (Å²) in [5.41, 5.74) is 0.797. The first kappa shape index (κ1) is 12.9. The smallest absolute Gasteiger partial charge is 0.227 e. The predicted octanol–water partition coefficient (Wildman–Crippen LogP) is 3.60. The van der Waals surface area contributed by atoms with Crippen LogP contribution in [0.3, 0.4) is 0 Å². The predicted molar refractivity (Wildman–Crippen MR) is 72.8 cm³/mol. The van der Waals surface area contributed by atoms with E-state index in [9.17, 15) is 4.79 Å². The molecule has 1 aromatic rings. The normalized spacial score (nSPS) is 14.9. The molecular weight excluding hydrogens is 226 g/mol. The van der Waals surface area contributed by atoms with Crippen molar-refractivity contribution in [1.82, 2.24) is 0 Å². The summed E-state index contributed by atoms with van der Waals surface area (Å²) in [6.07, 6.45) is 5.35. The molecule has 0 radical (unpaired) electrons. The highest BCUT2D eigenvalue weighted by atomic mass is 16.5. The van der Waals surface area contributed by atoms with Gasteiger partial charge in [0.25, 0.3) is 0 Å². The molecule has 0 bridgehead atoms. The van der Waals surface area contributed by atoms with Crippen molar-refractivity contribution in [3.63, 3.8) is 0 Å². The molecule has 1 amide bonds. The van der Waals surface area contributed by atoms with E-state index in [1.54, 1.807) is 0 Å². The van der Waals surface area contributed by atoms with E-state index < -0.39 is 0 Å². The van der Waals surface area contributed by atoms with Gasteiger partial charge in [0.2, 0.25) is 5.91 Å². The molecule has 0 atom stereocenters. The van der Waals surface area contributed by atoms with Crippen molar-refractivity contribution in [3.8, 4) is 5.75 Å². The molecule has 0 unspecified atom stereocenters. The van der Waals surface area contributed by atoms with E-state index in [1.165, 1.54) is 6.42 Å². The minimum Gasteiger partial charge on any atom is -0.491 e. The molecule has 0 saturated heterocycles. The molecule has 1 saturated carbocycles. The van der Waals surface area contributed by atoms with Crippen molar-refractivity contribution in [2.24, 2.45) is 5.92 Å². The van der Waals surface area contributed by atoms with Crippen LogP contribution in [-0.2, 0) is 4.79 Å². The van der Waals surface area contributed by atoms with Crippen molar-refractivity contribution in [1.29, 1.82) is 0 Å². The van der Waals surface area contributed by atoms with Crippen molar-refractivity contribution in [2.45, 2.75) is 39.0 Å². The van der Waals surface area contributed by atoms with Gasteiger partial charge in [-0.1, -0.05) is 31.9 Å². The zero-order valence-electron chi connectivity index (χ0n) is 10.9. The Morgan fingerprint density at radius 2 is 2.17 bits per heavy atom. The maximum atomic E-state index is 11.9. The van der Waals surface area contributed by atoms with Crippen LogP contribution in [0.5, 0.6) is 5.75 Å². The molecule has 0 spiro atoms. The Hall–Kier alpha value is -1.51. The number of hydrogen-bond acceptors (Lipinski definition) is 2. The number of para-hydroxylation sites is 2. The van der Waals surface area contributed by atoms with Crippen LogP contribution in [0.4, 0.5) is 5.69 Å². The molecule has 3 heteroatoms. The number of rotatable bonds is 6. The van der Waals surface area contributed by atoms with Gasteiger partial charge in [0.05, 0.1) is 12.3 Å². The van der Waals surface area contributed by atoms with Crippen molar-refractivity contribution in [3.05, 3.63) is 24.3 Å². The fraction of sp³-hybridized carbons (Fsp3) is 0.533. The van der Waals surface area contributed by atoms with Gasteiger partial charge >= 0.3 is 0 Å². The lowest BCUT2D eigenvalue weighted by Crippen LogP contribution is -2.28. The monoisotopic (exact) mass is 247 g/mol. The first-order valence-corrected chi connectivity index (χ1v) is 6.84. The first-order chi connectivity index (χ1) is 8.81. The average Bonchev–Trinajstić information content (AvgIpc) is 2.29. The minimum atomic E-state index is 0.132. The van der Waals surface area contributed by atoms with Gasteiger partial charge in [-0.3, -0.25) is 4.79 Å². The lowest BCUT2D eigenvalue weighted by atomic mass is 9.85. The fourth-order valence-corrected chi connectivity index (χ4v) is 1.93. The molecule has 2 rings (SSSR count). The van der Waals surface area contributed by atoms with Crippen LogP contribution in [0.1, 0.15) is 39.0 Å². The third-order valence-corrected chi connectivity index (χ3v) is 3.38. The minimum absolute atomic E-state index is 0.132. The third kappa shape index (κ3) is 3.25. The largest absolute Gasteiger partial charge is 0.491 e. The molecule has 1 aliphatic carbocycles. The maximum Gasteiger partial charge on any atom is 0.227 e.